The van der Waals surface area contributed by atoms with Crippen molar-refractivity contribution in [3.63, 3.8) is 0 Å². The Bertz CT molecular complexity index is 1030. The normalized spacial score (nSPS) is 16.2. The monoisotopic (exact) mass is 436 g/mol. The molecule has 4 rings (SSSR count). The molecule has 0 radical (unpaired) electrons. The quantitative estimate of drug-likeness (QED) is 0.775. The van der Waals surface area contributed by atoms with E-state index >= 15 is 0 Å². The van der Waals surface area contributed by atoms with Gasteiger partial charge in [-0.2, -0.15) is 5.26 Å². The van der Waals surface area contributed by atoms with Gasteiger partial charge in [0.05, 0.1) is 24.3 Å². The van der Waals surface area contributed by atoms with Crippen LogP contribution in [0, 0.1) is 18.3 Å². The van der Waals surface area contributed by atoms with Gasteiger partial charge in [-0.05, 0) is 57.4 Å². The number of carbonyl (C=O) groups is 1. The Morgan fingerprint density at radius 1 is 1.28 bits per heavy atom. The van der Waals surface area contributed by atoms with Gasteiger partial charge in [-0.15, -0.1) is 0 Å². The van der Waals surface area contributed by atoms with E-state index in [-0.39, 0.29) is 18.2 Å². The van der Waals surface area contributed by atoms with Crippen LogP contribution in [0.25, 0.3) is 0 Å². The summed E-state index contributed by atoms with van der Waals surface area (Å²) in [6.45, 7) is 8.26. The van der Waals surface area contributed by atoms with Gasteiger partial charge in [0.2, 0.25) is 5.75 Å². The fraction of sp³-hybridized carbons (Fsp3) is 0.478. The Balaban J connectivity index is 1.49. The molecular weight excluding hydrogens is 408 g/mol. The third-order valence-electron chi connectivity index (χ3n) is 5.74. The molecule has 1 fully saturated rings. The lowest BCUT2D eigenvalue weighted by atomic mass is 10.0. The number of anilines is 3. The van der Waals surface area contributed by atoms with Crippen LogP contribution in [0.3, 0.4) is 0 Å². The van der Waals surface area contributed by atoms with Gasteiger partial charge in [-0.25, -0.2) is 14.8 Å². The Morgan fingerprint density at radius 2 is 2.06 bits per heavy atom. The van der Waals surface area contributed by atoms with Crippen molar-refractivity contribution in [3.8, 4) is 11.8 Å². The molecule has 168 valence electrons. The van der Waals surface area contributed by atoms with Crippen molar-refractivity contribution in [2.75, 3.05) is 36.5 Å². The lowest BCUT2D eigenvalue weighted by Gasteiger charge is -2.41. The van der Waals surface area contributed by atoms with E-state index in [0.29, 0.717) is 36.8 Å². The molecule has 0 atom stereocenters. The number of likely N-dealkylation sites (tertiary alicyclic amines) is 1. The highest BCUT2D eigenvalue weighted by atomic mass is 16.6. The molecule has 0 bridgehead atoms. The number of piperidine rings is 1. The smallest absolute Gasteiger partial charge is 0.410 e. The number of hydrogen-bond acceptors (Lipinski definition) is 8. The number of aryl methyl sites for hydroxylation is 1. The Morgan fingerprint density at radius 3 is 2.75 bits per heavy atom. The Hall–Kier alpha value is -3.54. The summed E-state index contributed by atoms with van der Waals surface area (Å²) < 4.78 is 11.3. The van der Waals surface area contributed by atoms with Crippen LogP contribution >= 0.6 is 0 Å². The van der Waals surface area contributed by atoms with Gasteiger partial charge >= 0.3 is 6.09 Å². The van der Waals surface area contributed by atoms with Gasteiger partial charge in [0.1, 0.15) is 12.9 Å². The van der Waals surface area contributed by atoms with Crippen LogP contribution in [-0.2, 0) is 4.74 Å². The molecule has 1 aromatic carbocycles. The zero-order chi connectivity index (χ0) is 22.7. The molecule has 2 aliphatic heterocycles. The average molecular weight is 437 g/mol. The molecular formula is C23H28N6O3. The lowest BCUT2D eigenvalue weighted by Crippen LogP contribution is -2.49. The number of aromatic nitrogens is 2. The summed E-state index contributed by atoms with van der Waals surface area (Å²) in [7, 11) is 0. The van der Waals surface area contributed by atoms with Crippen molar-refractivity contribution in [1.82, 2.24) is 14.9 Å². The van der Waals surface area contributed by atoms with Crippen molar-refractivity contribution in [1.29, 1.82) is 5.26 Å². The summed E-state index contributed by atoms with van der Waals surface area (Å²) in [6, 6.07) is 7.89. The molecule has 1 aromatic heterocycles. The first-order valence-corrected chi connectivity index (χ1v) is 10.9. The molecule has 0 saturated carbocycles. The third-order valence-corrected chi connectivity index (χ3v) is 5.74. The number of nitrogens with one attached hydrogen (secondary N) is 1. The maximum absolute atomic E-state index is 12.2. The molecule has 0 aliphatic carbocycles. The van der Waals surface area contributed by atoms with Crippen LogP contribution in [-0.4, -0.2) is 59.3 Å². The first kappa shape index (κ1) is 21.7. The highest BCUT2D eigenvalue weighted by Gasteiger charge is 2.33. The van der Waals surface area contributed by atoms with E-state index in [4.69, 9.17) is 14.7 Å². The van der Waals surface area contributed by atoms with Crippen LogP contribution in [0.2, 0.25) is 0 Å². The molecule has 0 spiro atoms. The summed E-state index contributed by atoms with van der Waals surface area (Å²) in [5.74, 6) is 2.00. The molecule has 2 aliphatic rings. The fourth-order valence-corrected chi connectivity index (χ4v) is 4.14. The second-order valence-corrected chi connectivity index (χ2v) is 8.33. The van der Waals surface area contributed by atoms with E-state index in [1.807, 2.05) is 32.9 Å². The predicted octanol–water partition coefficient (Wildman–Crippen LogP) is 3.61. The van der Waals surface area contributed by atoms with Crippen LogP contribution in [0.4, 0.5) is 22.1 Å². The second kappa shape index (κ2) is 9.30. The number of carbonyl (C=O) groups excluding carboxylic acids is 1. The molecule has 32 heavy (non-hydrogen) atoms. The second-order valence-electron chi connectivity index (χ2n) is 8.33. The molecule has 9 heteroatoms. The van der Waals surface area contributed by atoms with Gasteiger partial charge < -0.3 is 24.6 Å². The number of ether oxygens (including phenoxy) is 2. The summed E-state index contributed by atoms with van der Waals surface area (Å²) in [5, 5.41) is 12.4. The third kappa shape index (κ3) is 4.54. The van der Waals surface area contributed by atoms with Gasteiger partial charge in [0, 0.05) is 24.8 Å². The number of hydrogen-bond donors (Lipinski definition) is 1. The zero-order valence-electron chi connectivity index (χ0n) is 18.7. The van der Waals surface area contributed by atoms with Crippen molar-refractivity contribution in [2.45, 2.75) is 45.8 Å². The van der Waals surface area contributed by atoms with E-state index in [9.17, 15) is 4.79 Å². The predicted molar refractivity (Wildman–Crippen MR) is 120 cm³/mol. The van der Waals surface area contributed by atoms with Gasteiger partial charge in [-0.3, -0.25) is 0 Å². The summed E-state index contributed by atoms with van der Waals surface area (Å²) in [6.07, 6.45) is 2.86. The lowest BCUT2D eigenvalue weighted by molar-refractivity contribution is 0.0687. The largest absolute Gasteiger partial charge is 0.485 e. The maximum Gasteiger partial charge on any atom is 0.410 e. The fourth-order valence-electron chi connectivity index (χ4n) is 4.14. The Labute approximate surface area is 188 Å². The topological polar surface area (TPSA) is 104 Å². The number of fused-ring (bicyclic) bond motifs is 1. The van der Waals surface area contributed by atoms with Crippen LogP contribution in [0.5, 0.6) is 5.75 Å². The van der Waals surface area contributed by atoms with Crippen molar-refractivity contribution >= 4 is 23.4 Å². The highest BCUT2D eigenvalue weighted by molar-refractivity contribution is 5.72. The molecule has 1 N–H and O–H groups in total. The minimum absolute atomic E-state index is 0.117. The molecule has 3 heterocycles. The standard InChI is InChI=1S/C23H28N6O3/c1-15(2)32-23(30)28-8-6-18(7-9-28)29-10-11-31-20-21(25-14-26-22(20)29)27-19-5-4-17(13-24)12-16(19)3/h4-5,12,14-15,18H,6-11H2,1-3H3,(H,25,26,27). The Kier molecular flexibility index (Phi) is 6.30. The molecule has 0 unspecified atom stereocenters. The summed E-state index contributed by atoms with van der Waals surface area (Å²) in [5.41, 5.74) is 2.43. The van der Waals surface area contributed by atoms with Crippen molar-refractivity contribution in [2.24, 2.45) is 0 Å². The number of benzene rings is 1. The first-order valence-electron chi connectivity index (χ1n) is 10.9. The van der Waals surface area contributed by atoms with Crippen molar-refractivity contribution in [3.05, 3.63) is 35.7 Å². The first-order chi connectivity index (χ1) is 15.5. The van der Waals surface area contributed by atoms with E-state index in [1.165, 1.54) is 6.33 Å². The van der Waals surface area contributed by atoms with Crippen LogP contribution < -0.4 is 15.0 Å². The maximum atomic E-state index is 12.2. The van der Waals surface area contributed by atoms with E-state index in [1.54, 1.807) is 11.0 Å². The van der Waals surface area contributed by atoms with E-state index in [0.717, 1.165) is 36.5 Å². The van der Waals surface area contributed by atoms with Crippen LogP contribution in [0.15, 0.2) is 24.5 Å². The SMILES string of the molecule is Cc1cc(C#N)ccc1Nc1ncnc2c1OCCN2C1CCN(C(=O)OC(C)C)CC1. The van der Waals surface area contributed by atoms with Crippen LogP contribution in [0.1, 0.15) is 37.8 Å². The zero-order valence-corrected chi connectivity index (χ0v) is 18.7. The summed E-state index contributed by atoms with van der Waals surface area (Å²) in [4.78, 5) is 25.2. The van der Waals surface area contributed by atoms with Crippen molar-refractivity contribution < 1.29 is 14.3 Å². The van der Waals surface area contributed by atoms with Gasteiger partial charge in [-0.1, -0.05) is 0 Å². The van der Waals surface area contributed by atoms with Gasteiger partial charge in [0.15, 0.2) is 11.6 Å². The number of amides is 1. The minimum atomic E-state index is -0.243. The molecule has 9 nitrogen and oxygen atoms in total. The van der Waals surface area contributed by atoms with E-state index < -0.39 is 0 Å². The summed E-state index contributed by atoms with van der Waals surface area (Å²) >= 11 is 0. The minimum Gasteiger partial charge on any atom is -0.485 e. The van der Waals surface area contributed by atoms with Gasteiger partial charge in [0.25, 0.3) is 0 Å². The molecule has 2 aromatic rings. The number of nitrogens with zero attached hydrogens (tertiary/aromatic N) is 5. The number of nitriles is 1. The van der Waals surface area contributed by atoms with E-state index in [2.05, 4.69) is 26.3 Å². The number of rotatable bonds is 4. The molecule has 1 amide bonds. The average Bonchev–Trinajstić information content (AvgIpc) is 2.80. The molecule has 1 saturated heterocycles. The highest BCUT2D eigenvalue weighted by Crippen LogP contribution is 2.39.